The molecule has 0 aromatic carbocycles. The summed E-state index contributed by atoms with van der Waals surface area (Å²) in [5, 5.41) is 15.8. The van der Waals surface area contributed by atoms with Crippen molar-refractivity contribution in [3.63, 3.8) is 0 Å². The molecule has 1 heterocycles. The van der Waals surface area contributed by atoms with Crippen molar-refractivity contribution >= 4 is 17.3 Å². The SMILES string of the molecule is COCCOCCCNc1cnn(CCO)c(=O)c1Cl. The number of rotatable bonds is 10. The van der Waals surface area contributed by atoms with Gasteiger partial charge in [0.2, 0.25) is 0 Å². The van der Waals surface area contributed by atoms with Crippen LogP contribution in [0, 0.1) is 0 Å². The number of hydrogen-bond acceptors (Lipinski definition) is 6. The normalized spacial score (nSPS) is 10.8. The number of ether oxygens (including phenoxy) is 2. The lowest BCUT2D eigenvalue weighted by molar-refractivity contribution is 0.0705. The number of nitrogens with zero attached hydrogens (tertiary/aromatic N) is 2. The maximum Gasteiger partial charge on any atom is 0.287 e. The van der Waals surface area contributed by atoms with Crippen LogP contribution in [0.25, 0.3) is 0 Å². The first-order valence-corrected chi connectivity index (χ1v) is 6.75. The molecule has 0 bridgehead atoms. The highest BCUT2D eigenvalue weighted by molar-refractivity contribution is 6.32. The standard InChI is InChI=1S/C12H20ClN3O4/c1-19-7-8-20-6-2-3-14-10-9-15-16(4-5-17)12(18)11(10)13/h9,14,17H,2-8H2,1H3. The quantitative estimate of drug-likeness (QED) is 0.607. The minimum atomic E-state index is -0.415. The van der Waals surface area contributed by atoms with Gasteiger partial charge >= 0.3 is 0 Å². The number of aromatic nitrogens is 2. The number of aliphatic hydroxyl groups excluding tert-OH is 1. The van der Waals surface area contributed by atoms with E-state index < -0.39 is 5.56 Å². The Balaban J connectivity index is 2.37. The van der Waals surface area contributed by atoms with Gasteiger partial charge in [0.15, 0.2) is 0 Å². The largest absolute Gasteiger partial charge is 0.394 e. The molecule has 0 saturated carbocycles. The van der Waals surface area contributed by atoms with Crippen LogP contribution in [0.3, 0.4) is 0 Å². The molecule has 0 radical (unpaired) electrons. The van der Waals surface area contributed by atoms with Gasteiger partial charge in [-0.05, 0) is 6.42 Å². The smallest absolute Gasteiger partial charge is 0.287 e. The molecule has 2 N–H and O–H groups in total. The maximum atomic E-state index is 11.8. The molecule has 20 heavy (non-hydrogen) atoms. The van der Waals surface area contributed by atoms with Gasteiger partial charge in [0.25, 0.3) is 5.56 Å². The number of hydrogen-bond donors (Lipinski definition) is 2. The minimum absolute atomic E-state index is 0.0775. The molecule has 8 heteroatoms. The first-order chi connectivity index (χ1) is 9.70. The van der Waals surface area contributed by atoms with Gasteiger partial charge in [-0.15, -0.1) is 0 Å². The van der Waals surface area contributed by atoms with Gasteiger partial charge in [-0.25, -0.2) is 4.68 Å². The molecule has 1 rings (SSSR count). The molecule has 1 aromatic heterocycles. The zero-order valence-corrected chi connectivity index (χ0v) is 12.2. The van der Waals surface area contributed by atoms with Crippen LogP contribution in [0.2, 0.25) is 5.02 Å². The third-order valence-electron chi connectivity index (χ3n) is 2.51. The fourth-order valence-corrected chi connectivity index (χ4v) is 1.70. The van der Waals surface area contributed by atoms with Crippen molar-refractivity contribution in [3.8, 4) is 0 Å². The van der Waals surface area contributed by atoms with Gasteiger partial charge in [0.05, 0.1) is 38.2 Å². The molecule has 0 amide bonds. The predicted octanol–water partition coefficient (Wildman–Crippen LogP) is 0.354. The molecule has 0 aliphatic carbocycles. The Labute approximate surface area is 122 Å². The van der Waals surface area contributed by atoms with E-state index in [-0.39, 0.29) is 18.2 Å². The van der Waals surface area contributed by atoms with E-state index in [2.05, 4.69) is 10.4 Å². The lowest BCUT2D eigenvalue weighted by atomic mass is 10.4. The Bertz CT molecular complexity index is 453. The summed E-state index contributed by atoms with van der Waals surface area (Å²) in [6, 6.07) is 0. The summed E-state index contributed by atoms with van der Waals surface area (Å²) in [6.07, 6.45) is 2.25. The van der Waals surface area contributed by atoms with Crippen LogP contribution >= 0.6 is 11.6 Å². The Morgan fingerprint density at radius 2 is 2.25 bits per heavy atom. The lowest BCUT2D eigenvalue weighted by Crippen LogP contribution is -2.25. The zero-order chi connectivity index (χ0) is 14.8. The summed E-state index contributed by atoms with van der Waals surface area (Å²) in [4.78, 5) is 11.8. The van der Waals surface area contributed by atoms with Crippen molar-refractivity contribution < 1.29 is 14.6 Å². The predicted molar refractivity (Wildman–Crippen MR) is 76.4 cm³/mol. The van der Waals surface area contributed by atoms with Crippen molar-refractivity contribution in [1.82, 2.24) is 9.78 Å². The minimum Gasteiger partial charge on any atom is -0.394 e. The second-order valence-corrected chi connectivity index (χ2v) is 4.39. The van der Waals surface area contributed by atoms with Crippen molar-refractivity contribution in [2.75, 3.05) is 45.4 Å². The third-order valence-corrected chi connectivity index (χ3v) is 2.87. The molecular weight excluding hydrogens is 286 g/mol. The second-order valence-electron chi connectivity index (χ2n) is 4.01. The number of anilines is 1. The Morgan fingerprint density at radius 1 is 1.45 bits per heavy atom. The molecule has 0 unspecified atom stereocenters. The fourth-order valence-electron chi connectivity index (χ4n) is 1.48. The highest BCUT2D eigenvalue weighted by Gasteiger charge is 2.08. The molecule has 0 aliphatic heterocycles. The zero-order valence-electron chi connectivity index (χ0n) is 11.5. The summed E-state index contributed by atoms with van der Waals surface area (Å²) < 4.78 is 11.3. The number of halogens is 1. The van der Waals surface area contributed by atoms with Gasteiger partial charge < -0.3 is 19.9 Å². The molecular formula is C12H20ClN3O4. The van der Waals surface area contributed by atoms with Gasteiger partial charge in [-0.2, -0.15) is 5.10 Å². The van der Waals surface area contributed by atoms with E-state index in [0.717, 1.165) is 11.1 Å². The average Bonchev–Trinajstić information content (AvgIpc) is 2.45. The van der Waals surface area contributed by atoms with Crippen LogP contribution in [-0.2, 0) is 16.0 Å². The molecule has 0 aliphatic rings. The Morgan fingerprint density at radius 3 is 2.95 bits per heavy atom. The van der Waals surface area contributed by atoms with E-state index in [9.17, 15) is 4.79 Å². The van der Waals surface area contributed by atoms with Gasteiger partial charge in [0, 0.05) is 20.3 Å². The molecule has 7 nitrogen and oxygen atoms in total. The van der Waals surface area contributed by atoms with Crippen LogP contribution < -0.4 is 10.9 Å². The van der Waals surface area contributed by atoms with E-state index in [1.807, 2.05) is 0 Å². The van der Waals surface area contributed by atoms with E-state index >= 15 is 0 Å². The van der Waals surface area contributed by atoms with Crippen LogP contribution in [0.4, 0.5) is 5.69 Å². The molecule has 0 fully saturated rings. The molecule has 1 aromatic rings. The summed E-state index contributed by atoms with van der Waals surface area (Å²) in [5.41, 5.74) is 0.0739. The monoisotopic (exact) mass is 305 g/mol. The van der Waals surface area contributed by atoms with Crippen molar-refractivity contribution in [1.29, 1.82) is 0 Å². The Hall–Kier alpha value is -1.15. The number of methoxy groups -OCH3 is 1. The maximum absolute atomic E-state index is 11.8. The average molecular weight is 306 g/mol. The van der Waals surface area contributed by atoms with Gasteiger partial charge in [-0.1, -0.05) is 11.6 Å². The molecule has 114 valence electrons. The fraction of sp³-hybridized carbons (Fsp3) is 0.667. The highest BCUT2D eigenvalue weighted by Crippen LogP contribution is 2.14. The summed E-state index contributed by atoms with van der Waals surface area (Å²) >= 11 is 5.95. The number of aliphatic hydroxyl groups is 1. The summed E-state index contributed by atoms with van der Waals surface area (Å²) in [6.45, 7) is 2.34. The first-order valence-electron chi connectivity index (χ1n) is 6.37. The van der Waals surface area contributed by atoms with Gasteiger partial charge in [0.1, 0.15) is 5.02 Å². The third kappa shape index (κ3) is 5.46. The molecule has 0 atom stereocenters. The summed E-state index contributed by atoms with van der Waals surface area (Å²) in [7, 11) is 1.62. The Kier molecular flexibility index (Phi) is 8.20. The van der Waals surface area contributed by atoms with Crippen LogP contribution in [0.1, 0.15) is 6.42 Å². The topological polar surface area (TPSA) is 85.6 Å². The van der Waals surface area contributed by atoms with E-state index in [1.165, 1.54) is 6.20 Å². The second kappa shape index (κ2) is 9.71. The first kappa shape index (κ1) is 16.9. The van der Waals surface area contributed by atoms with Crippen molar-refractivity contribution in [3.05, 3.63) is 21.6 Å². The van der Waals surface area contributed by atoms with E-state index in [1.54, 1.807) is 7.11 Å². The van der Waals surface area contributed by atoms with Crippen LogP contribution in [-0.4, -0.2) is 55.0 Å². The van der Waals surface area contributed by atoms with Crippen LogP contribution in [0.5, 0.6) is 0 Å². The lowest BCUT2D eigenvalue weighted by Gasteiger charge is -2.09. The molecule has 0 saturated heterocycles. The van der Waals surface area contributed by atoms with Crippen molar-refractivity contribution in [2.45, 2.75) is 13.0 Å². The van der Waals surface area contributed by atoms with Crippen LogP contribution in [0.15, 0.2) is 11.0 Å². The van der Waals surface area contributed by atoms with Crippen molar-refractivity contribution in [2.24, 2.45) is 0 Å². The molecule has 0 spiro atoms. The van der Waals surface area contributed by atoms with E-state index in [0.29, 0.717) is 32.1 Å². The van der Waals surface area contributed by atoms with Gasteiger partial charge in [-0.3, -0.25) is 4.79 Å². The van der Waals surface area contributed by atoms with E-state index in [4.69, 9.17) is 26.2 Å². The highest BCUT2D eigenvalue weighted by atomic mass is 35.5. The number of nitrogens with one attached hydrogen (secondary N) is 1. The summed E-state index contributed by atoms with van der Waals surface area (Å²) in [5.74, 6) is 0.